The molecular formula is C13H21ClN4O. The van der Waals surface area contributed by atoms with Gasteiger partial charge in [0.25, 0.3) is 0 Å². The molecule has 0 saturated carbocycles. The summed E-state index contributed by atoms with van der Waals surface area (Å²) < 4.78 is 0. The monoisotopic (exact) mass is 284 g/mol. The summed E-state index contributed by atoms with van der Waals surface area (Å²) in [5.74, 6) is 0.485. The molecule has 0 spiro atoms. The summed E-state index contributed by atoms with van der Waals surface area (Å²) in [4.78, 5) is 22.4. The number of rotatable bonds is 5. The Morgan fingerprint density at radius 1 is 1.26 bits per heavy atom. The molecule has 106 valence electrons. The summed E-state index contributed by atoms with van der Waals surface area (Å²) in [5.41, 5.74) is 1.59. The van der Waals surface area contributed by atoms with Crippen molar-refractivity contribution in [3.05, 3.63) is 16.5 Å². The average molecular weight is 285 g/mol. The molecule has 1 aromatic heterocycles. The molecule has 0 saturated heterocycles. The molecule has 1 unspecified atom stereocenters. The number of anilines is 1. The van der Waals surface area contributed by atoms with Crippen LogP contribution in [0.25, 0.3) is 0 Å². The fourth-order valence-electron chi connectivity index (χ4n) is 1.74. The van der Waals surface area contributed by atoms with Gasteiger partial charge in [-0.15, -0.1) is 0 Å². The van der Waals surface area contributed by atoms with Crippen molar-refractivity contribution in [3.63, 3.8) is 0 Å². The van der Waals surface area contributed by atoms with E-state index in [4.69, 9.17) is 11.6 Å². The molecule has 6 heteroatoms. The van der Waals surface area contributed by atoms with E-state index >= 15 is 0 Å². The van der Waals surface area contributed by atoms with Gasteiger partial charge >= 0.3 is 0 Å². The first kappa shape index (κ1) is 15.7. The van der Waals surface area contributed by atoms with Crippen molar-refractivity contribution >= 4 is 23.3 Å². The second kappa shape index (κ2) is 6.70. The second-order valence-corrected chi connectivity index (χ2v) is 4.77. The molecule has 19 heavy (non-hydrogen) atoms. The third kappa shape index (κ3) is 3.80. The molecule has 0 aliphatic carbocycles. The van der Waals surface area contributed by atoms with Crippen LogP contribution in [0.4, 0.5) is 5.82 Å². The number of hydrogen-bond donors (Lipinski definition) is 1. The van der Waals surface area contributed by atoms with Gasteiger partial charge in [0.05, 0.1) is 11.4 Å². The number of nitrogens with zero attached hydrogens (tertiary/aromatic N) is 3. The number of carbonyl (C=O) groups excluding carboxylic acids is 1. The third-order valence-corrected chi connectivity index (χ3v) is 3.33. The predicted molar refractivity (Wildman–Crippen MR) is 77.5 cm³/mol. The standard InChI is InChI=1S/C13H21ClN4O/c1-6-18(7-2)13(19)10(5)17-12-11(14)15-8(3)9(4)16-12/h10H,6-7H2,1-5H3,(H,16,17). The molecule has 0 bridgehead atoms. The van der Waals surface area contributed by atoms with Gasteiger partial charge in [0.1, 0.15) is 6.04 Å². The molecule has 5 nitrogen and oxygen atoms in total. The summed E-state index contributed by atoms with van der Waals surface area (Å²) in [7, 11) is 0. The van der Waals surface area contributed by atoms with Crippen molar-refractivity contribution in [1.29, 1.82) is 0 Å². The van der Waals surface area contributed by atoms with E-state index in [1.807, 2.05) is 27.7 Å². The lowest BCUT2D eigenvalue weighted by Gasteiger charge is -2.24. The Hall–Kier alpha value is -1.36. The Labute approximate surface area is 119 Å². The number of aryl methyl sites for hydroxylation is 2. The Morgan fingerprint density at radius 2 is 1.79 bits per heavy atom. The van der Waals surface area contributed by atoms with Crippen LogP contribution in [0.1, 0.15) is 32.2 Å². The molecule has 0 fully saturated rings. The van der Waals surface area contributed by atoms with Gasteiger partial charge in [0.2, 0.25) is 5.91 Å². The van der Waals surface area contributed by atoms with Crippen LogP contribution in [-0.4, -0.2) is 39.9 Å². The Kier molecular flexibility index (Phi) is 5.54. The number of amides is 1. The van der Waals surface area contributed by atoms with Crippen molar-refractivity contribution < 1.29 is 4.79 Å². The maximum atomic E-state index is 12.1. The largest absolute Gasteiger partial charge is 0.356 e. The van der Waals surface area contributed by atoms with E-state index in [9.17, 15) is 4.79 Å². The second-order valence-electron chi connectivity index (χ2n) is 4.41. The van der Waals surface area contributed by atoms with Crippen LogP contribution in [-0.2, 0) is 4.79 Å². The maximum absolute atomic E-state index is 12.1. The van der Waals surface area contributed by atoms with Crippen LogP contribution in [0.3, 0.4) is 0 Å². The van der Waals surface area contributed by atoms with Gasteiger partial charge in [-0.25, -0.2) is 9.97 Å². The first-order chi connectivity index (χ1) is 8.90. The zero-order chi connectivity index (χ0) is 14.6. The van der Waals surface area contributed by atoms with Crippen molar-refractivity contribution in [1.82, 2.24) is 14.9 Å². The van der Waals surface area contributed by atoms with Crippen molar-refractivity contribution in [2.45, 2.75) is 40.7 Å². The van der Waals surface area contributed by atoms with Gasteiger partial charge in [-0.1, -0.05) is 11.6 Å². The molecule has 1 aromatic rings. The van der Waals surface area contributed by atoms with Gasteiger partial charge in [-0.3, -0.25) is 4.79 Å². The van der Waals surface area contributed by atoms with E-state index in [0.29, 0.717) is 24.1 Å². The first-order valence-corrected chi connectivity index (χ1v) is 6.84. The molecule has 1 N–H and O–H groups in total. The van der Waals surface area contributed by atoms with Crippen molar-refractivity contribution in [2.75, 3.05) is 18.4 Å². The summed E-state index contributed by atoms with van der Waals surface area (Å²) >= 11 is 6.04. The number of likely N-dealkylation sites (N-methyl/N-ethyl adjacent to an activating group) is 1. The molecule has 0 radical (unpaired) electrons. The Morgan fingerprint density at radius 3 is 2.32 bits per heavy atom. The molecule has 0 aliphatic heterocycles. The smallest absolute Gasteiger partial charge is 0.244 e. The van der Waals surface area contributed by atoms with Crippen molar-refractivity contribution in [2.24, 2.45) is 0 Å². The summed E-state index contributed by atoms with van der Waals surface area (Å²) in [6.07, 6.45) is 0. The average Bonchev–Trinajstić information content (AvgIpc) is 2.37. The normalized spacial score (nSPS) is 12.1. The summed E-state index contributed by atoms with van der Waals surface area (Å²) in [5, 5.41) is 3.32. The first-order valence-electron chi connectivity index (χ1n) is 6.46. The number of aromatic nitrogens is 2. The number of nitrogens with one attached hydrogen (secondary N) is 1. The van der Waals surface area contributed by atoms with Crippen LogP contribution in [0, 0.1) is 13.8 Å². The van der Waals surface area contributed by atoms with Gasteiger partial charge < -0.3 is 10.2 Å². The molecule has 0 aromatic carbocycles. The van der Waals surface area contributed by atoms with Crippen LogP contribution in [0.2, 0.25) is 5.15 Å². The number of hydrogen-bond acceptors (Lipinski definition) is 4. The topological polar surface area (TPSA) is 58.1 Å². The molecular weight excluding hydrogens is 264 g/mol. The zero-order valence-corrected chi connectivity index (χ0v) is 12.9. The zero-order valence-electron chi connectivity index (χ0n) is 12.1. The fraction of sp³-hybridized carbons (Fsp3) is 0.615. The highest BCUT2D eigenvalue weighted by Gasteiger charge is 2.19. The Bertz CT molecular complexity index is 460. The van der Waals surface area contributed by atoms with E-state index in [1.54, 1.807) is 11.8 Å². The van der Waals surface area contributed by atoms with Crippen LogP contribution < -0.4 is 5.32 Å². The Balaban J connectivity index is 2.85. The van der Waals surface area contributed by atoms with E-state index in [2.05, 4.69) is 15.3 Å². The summed E-state index contributed by atoms with van der Waals surface area (Å²) in [6.45, 7) is 10.8. The van der Waals surface area contributed by atoms with E-state index in [1.165, 1.54) is 0 Å². The van der Waals surface area contributed by atoms with Crippen molar-refractivity contribution in [3.8, 4) is 0 Å². The maximum Gasteiger partial charge on any atom is 0.244 e. The predicted octanol–water partition coefficient (Wildman–Crippen LogP) is 2.42. The molecule has 1 atom stereocenters. The third-order valence-electron chi connectivity index (χ3n) is 3.06. The van der Waals surface area contributed by atoms with E-state index in [0.717, 1.165) is 11.4 Å². The number of halogens is 1. The highest BCUT2D eigenvalue weighted by atomic mass is 35.5. The lowest BCUT2D eigenvalue weighted by molar-refractivity contribution is -0.131. The van der Waals surface area contributed by atoms with Gasteiger partial charge in [0.15, 0.2) is 11.0 Å². The van der Waals surface area contributed by atoms with Gasteiger partial charge in [-0.05, 0) is 34.6 Å². The van der Waals surface area contributed by atoms with Gasteiger partial charge in [0, 0.05) is 13.1 Å². The minimum atomic E-state index is -0.381. The molecule has 0 aliphatic rings. The van der Waals surface area contributed by atoms with Crippen LogP contribution >= 0.6 is 11.6 Å². The minimum absolute atomic E-state index is 0.0288. The molecule has 1 amide bonds. The quantitative estimate of drug-likeness (QED) is 0.902. The highest BCUT2D eigenvalue weighted by molar-refractivity contribution is 6.31. The van der Waals surface area contributed by atoms with Gasteiger partial charge in [-0.2, -0.15) is 0 Å². The van der Waals surface area contributed by atoms with Crippen LogP contribution in [0.15, 0.2) is 0 Å². The highest BCUT2D eigenvalue weighted by Crippen LogP contribution is 2.19. The molecule has 1 heterocycles. The van der Waals surface area contributed by atoms with E-state index < -0.39 is 0 Å². The fourth-order valence-corrected chi connectivity index (χ4v) is 1.97. The SMILES string of the molecule is CCN(CC)C(=O)C(C)Nc1nc(C)c(C)nc1Cl. The minimum Gasteiger partial charge on any atom is -0.356 e. The number of carbonyl (C=O) groups is 1. The lowest BCUT2D eigenvalue weighted by atomic mass is 10.2. The lowest BCUT2D eigenvalue weighted by Crippen LogP contribution is -2.41. The summed E-state index contributed by atoms with van der Waals surface area (Å²) in [6, 6.07) is -0.381. The van der Waals surface area contributed by atoms with E-state index in [-0.39, 0.29) is 11.9 Å². The molecule has 1 rings (SSSR count). The van der Waals surface area contributed by atoms with Crippen LogP contribution in [0.5, 0.6) is 0 Å².